The van der Waals surface area contributed by atoms with E-state index in [9.17, 15) is 9.50 Å². The lowest BCUT2D eigenvalue weighted by molar-refractivity contribution is 0.163. The summed E-state index contributed by atoms with van der Waals surface area (Å²) < 4.78 is 12.5. The van der Waals surface area contributed by atoms with Gasteiger partial charge in [-0.25, -0.2) is 4.39 Å². The Morgan fingerprint density at radius 2 is 2.36 bits per heavy atom. The third-order valence-electron chi connectivity index (χ3n) is 1.94. The average Bonchev–Trinajstić information content (AvgIpc) is 2.15. The van der Waals surface area contributed by atoms with Crippen molar-refractivity contribution in [3.8, 4) is 0 Å². The number of aliphatic hydroxyl groups is 1. The highest BCUT2D eigenvalue weighted by Gasteiger charge is 2.08. The van der Waals surface area contributed by atoms with Crippen molar-refractivity contribution in [2.24, 2.45) is 0 Å². The smallest absolute Gasteiger partial charge is 0.141 e. The molecular formula is C11H14FNO. The van der Waals surface area contributed by atoms with Crippen molar-refractivity contribution in [1.29, 1.82) is 0 Å². The number of aromatic nitrogens is 1. The van der Waals surface area contributed by atoms with Crippen molar-refractivity contribution >= 4 is 0 Å². The Labute approximate surface area is 83.1 Å². The van der Waals surface area contributed by atoms with Gasteiger partial charge in [0.25, 0.3) is 0 Å². The summed E-state index contributed by atoms with van der Waals surface area (Å²) in [6.07, 6.45) is 1.81. The van der Waals surface area contributed by atoms with Crippen LogP contribution in [0.5, 0.6) is 0 Å². The zero-order valence-corrected chi connectivity index (χ0v) is 8.20. The zero-order chi connectivity index (χ0) is 10.6. The molecule has 0 fully saturated rings. The van der Waals surface area contributed by atoms with Crippen LogP contribution < -0.4 is 0 Å². The SMILES string of the molecule is C=C(C)CCC(O)c1ccc(F)cn1. The maximum Gasteiger partial charge on any atom is 0.141 e. The summed E-state index contributed by atoms with van der Waals surface area (Å²) in [5, 5.41) is 9.63. The third kappa shape index (κ3) is 3.26. The van der Waals surface area contributed by atoms with Gasteiger partial charge in [0.2, 0.25) is 0 Å². The first kappa shape index (κ1) is 10.9. The number of nitrogens with zero attached hydrogens (tertiary/aromatic N) is 1. The van der Waals surface area contributed by atoms with Gasteiger partial charge >= 0.3 is 0 Å². The van der Waals surface area contributed by atoms with Crippen molar-refractivity contribution in [1.82, 2.24) is 4.98 Å². The fourth-order valence-electron chi connectivity index (χ4n) is 1.12. The first-order valence-electron chi connectivity index (χ1n) is 4.53. The van der Waals surface area contributed by atoms with Gasteiger partial charge in [-0.2, -0.15) is 0 Å². The summed E-state index contributed by atoms with van der Waals surface area (Å²) in [6, 6.07) is 2.80. The quantitative estimate of drug-likeness (QED) is 0.749. The van der Waals surface area contributed by atoms with Gasteiger partial charge in [-0.15, -0.1) is 6.58 Å². The normalized spacial score (nSPS) is 12.5. The van der Waals surface area contributed by atoms with Gasteiger partial charge in [0, 0.05) is 0 Å². The molecule has 3 heteroatoms. The Balaban J connectivity index is 2.56. The van der Waals surface area contributed by atoms with Crippen molar-refractivity contribution in [3.05, 3.63) is 42.0 Å². The van der Waals surface area contributed by atoms with E-state index in [0.29, 0.717) is 12.1 Å². The maximum atomic E-state index is 12.5. The molecule has 1 N–H and O–H groups in total. The molecule has 76 valence electrons. The lowest BCUT2D eigenvalue weighted by atomic mass is 10.1. The average molecular weight is 195 g/mol. The molecule has 0 saturated heterocycles. The van der Waals surface area contributed by atoms with Gasteiger partial charge in [0.15, 0.2) is 0 Å². The molecule has 1 aromatic rings. The molecule has 1 atom stereocenters. The largest absolute Gasteiger partial charge is 0.387 e. The summed E-state index contributed by atoms with van der Waals surface area (Å²) in [4.78, 5) is 3.80. The summed E-state index contributed by atoms with van der Waals surface area (Å²) in [6.45, 7) is 5.65. The van der Waals surface area contributed by atoms with Crippen molar-refractivity contribution < 1.29 is 9.50 Å². The van der Waals surface area contributed by atoms with E-state index in [2.05, 4.69) is 11.6 Å². The minimum atomic E-state index is -0.632. The van der Waals surface area contributed by atoms with Gasteiger partial charge in [0.1, 0.15) is 5.82 Å². The highest BCUT2D eigenvalue weighted by atomic mass is 19.1. The second-order valence-corrected chi connectivity index (χ2v) is 3.41. The number of hydrogen-bond donors (Lipinski definition) is 1. The first-order chi connectivity index (χ1) is 6.59. The number of halogens is 1. The van der Waals surface area contributed by atoms with Crippen LogP contribution in [0.2, 0.25) is 0 Å². The molecule has 0 aliphatic heterocycles. The number of hydrogen-bond acceptors (Lipinski definition) is 2. The Morgan fingerprint density at radius 3 is 2.86 bits per heavy atom. The van der Waals surface area contributed by atoms with Crippen LogP contribution in [0, 0.1) is 5.82 Å². The van der Waals surface area contributed by atoms with Crippen LogP contribution in [-0.4, -0.2) is 10.1 Å². The van der Waals surface area contributed by atoms with Crippen LogP contribution >= 0.6 is 0 Å². The lowest BCUT2D eigenvalue weighted by Gasteiger charge is -2.09. The van der Waals surface area contributed by atoms with Gasteiger partial charge < -0.3 is 5.11 Å². The molecule has 0 bridgehead atoms. The zero-order valence-electron chi connectivity index (χ0n) is 8.20. The van der Waals surface area contributed by atoms with Crippen LogP contribution in [0.25, 0.3) is 0 Å². The van der Waals surface area contributed by atoms with E-state index in [1.54, 1.807) is 0 Å². The fourth-order valence-corrected chi connectivity index (χ4v) is 1.12. The Bertz CT molecular complexity index is 308. The molecule has 0 aliphatic carbocycles. The Kier molecular flexibility index (Phi) is 3.77. The Hall–Kier alpha value is -1.22. The lowest BCUT2D eigenvalue weighted by Crippen LogP contribution is -2.00. The second kappa shape index (κ2) is 4.86. The van der Waals surface area contributed by atoms with E-state index >= 15 is 0 Å². The maximum absolute atomic E-state index is 12.5. The second-order valence-electron chi connectivity index (χ2n) is 3.41. The summed E-state index contributed by atoms with van der Waals surface area (Å²) in [5.41, 5.74) is 1.53. The van der Waals surface area contributed by atoms with E-state index in [1.165, 1.54) is 12.1 Å². The van der Waals surface area contributed by atoms with Gasteiger partial charge in [-0.05, 0) is 31.9 Å². The molecule has 14 heavy (non-hydrogen) atoms. The fraction of sp³-hybridized carbons (Fsp3) is 0.364. The molecule has 0 amide bonds. The molecule has 0 radical (unpaired) electrons. The molecule has 0 aromatic carbocycles. The molecule has 1 rings (SSSR count). The van der Waals surface area contributed by atoms with E-state index < -0.39 is 6.10 Å². The number of allylic oxidation sites excluding steroid dienone is 1. The van der Waals surface area contributed by atoms with Crippen LogP contribution in [0.1, 0.15) is 31.6 Å². The third-order valence-corrected chi connectivity index (χ3v) is 1.94. The van der Waals surface area contributed by atoms with E-state index in [-0.39, 0.29) is 5.82 Å². The molecule has 1 unspecified atom stereocenters. The summed E-state index contributed by atoms with van der Waals surface area (Å²) >= 11 is 0. The van der Waals surface area contributed by atoms with Gasteiger partial charge in [-0.3, -0.25) is 4.98 Å². The minimum Gasteiger partial charge on any atom is -0.387 e. The Morgan fingerprint density at radius 1 is 1.64 bits per heavy atom. The van der Waals surface area contributed by atoms with Crippen LogP contribution in [0.3, 0.4) is 0 Å². The number of rotatable bonds is 4. The highest BCUT2D eigenvalue weighted by Crippen LogP contribution is 2.17. The van der Waals surface area contributed by atoms with Crippen molar-refractivity contribution in [3.63, 3.8) is 0 Å². The molecule has 0 aliphatic rings. The van der Waals surface area contributed by atoms with E-state index in [0.717, 1.165) is 18.2 Å². The van der Waals surface area contributed by atoms with Crippen LogP contribution in [-0.2, 0) is 0 Å². The molecule has 0 spiro atoms. The molecule has 1 heterocycles. The predicted octanol–water partition coefficient (Wildman–Crippen LogP) is 2.61. The van der Waals surface area contributed by atoms with Gasteiger partial charge in [-0.1, -0.05) is 5.57 Å². The summed E-state index contributed by atoms with van der Waals surface area (Å²) in [7, 11) is 0. The highest BCUT2D eigenvalue weighted by molar-refractivity contribution is 5.08. The summed E-state index contributed by atoms with van der Waals surface area (Å²) in [5.74, 6) is -0.388. The van der Waals surface area contributed by atoms with Crippen molar-refractivity contribution in [2.75, 3.05) is 0 Å². The monoisotopic (exact) mass is 195 g/mol. The molecule has 2 nitrogen and oxygen atoms in total. The standard InChI is InChI=1S/C11H14FNO/c1-8(2)3-6-11(14)10-5-4-9(12)7-13-10/h4-5,7,11,14H,1,3,6H2,2H3. The van der Waals surface area contributed by atoms with E-state index in [1.807, 2.05) is 6.92 Å². The molecular weight excluding hydrogens is 181 g/mol. The van der Waals surface area contributed by atoms with Gasteiger partial charge in [0.05, 0.1) is 18.0 Å². The van der Waals surface area contributed by atoms with Crippen LogP contribution in [0.4, 0.5) is 4.39 Å². The number of aliphatic hydroxyl groups excluding tert-OH is 1. The van der Waals surface area contributed by atoms with Crippen molar-refractivity contribution in [2.45, 2.75) is 25.9 Å². The topological polar surface area (TPSA) is 33.1 Å². The molecule has 1 aromatic heterocycles. The van der Waals surface area contributed by atoms with Crippen LogP contribution in [0.15, 0.2) is 30.5 Å². The minimum absolute atomic E-state index is 0.388. The first-order valence-corrected chi connectivity index (χ1v) is 4.53. The number of pyridine rings is 1. The van der Waals surface area contributed by atoms with E-state index in [4.69, 9.17) is 0 Å². The molecule has 0 saturated carbocycles. The predicted molar refractivity (Wildman–Crippen MR) is 53.2 cm³/mol.